The number of benzene rings is 2. The molecule has 0 atom stereocenters. The minimum atomic E-state index is -0.145. The average molecular weight is 590 g/mol. The number of piperazine rings is 1. The van der Waals surface area contributed by atoms with E-state index >= 15 is 0 Å². The molecule has 0 bridgehead atoms. The number of nitrogens with zero attached hydrogens (tertiary/aromatic N) is 4. The Morgan fingerprint density at radius 1 is 0.651 bits per heavy atom. The molecule has 0 saturated carbocycles. The molecule has 3 aliphatic heterocycles. The summed E-state index contributed by atoms with van der Waals surface area (Å²) in [5.41, 5.74) is 3.95. The number of likely N-dealkylation sites (N-methyl/N-ethyl adjacent to an activating group) is 1. The second kappa shape index (κ2) is 16.2. The number of carbonyl (C=O) groups is 2. The fourth-order valence-corrected chi connectivity index (χ4v) is 6.37. The minimum Gasteiger partial charge on any atom is -0.355 e. The van der Waals surface area contributed by atoms with Gasteiger partial charge in [0.05, 0.1) is 0 Å². The number of para-hydroxylation sites is 1. The predicted octanol–water partition coefficient (Wildman–Crippen LogP) is 3.61. The highest BCUT2D eigenvalue weighted by Gasteiger charge is 2.18. The monoisotopic (exact) mass is 589 g/mol. The van der Waals surface area contributed by atoms with Crippen molar-refractivity contribution < 1.29 is 9.59 Å². The Balaban J connectivity index is 1.28. The molecular formula is C34H51N7O2. The summed E-state index contributed by atoms with van der Waals surface area (Å²) in [6.07, 6.45) is 7.51. The summed E-state index contributed by atoms with van der Waals surface area (Å²) < 4.78 is 0. The molecule has 3 saturated heterocycles. The molecule has 3 heterocycles. The van der Waals surface area contributed by atoms with E-state index in [1.807, 2.05) is 18.2 Å². The molecule has 234 valence electrons. The quantitative estimate of drug-likeness (QED) is 0.349. The molecule has 3 aliphatic rings. The van der Waals surface area contributed by atoms with E-state index in [4.69, 9.17) is 0 Å². The van der Waals surface area contributed by atoms with Gasteiger partial charge in [0, 0.05) is 81.4 Å². The highest BCUT2D eigenvalue weighted by Crippen LogP contribution is 2.25. The summed E-state index contributed by atoms with van der Waals surface area (Å²) in [4.78, 5) is 36.4. The molecule has 0 radical (unpaired) electrons. The molecule has 0 aliphatic carbocycles. The first kappa shape index (κ1) is 31.4. The number of rotatable bonds is 12. The van der Waals surface area contributed by atoms with E-state index in [0.717, 1.165) is 83.4 Å². The SMILES string of the molecule is CN1CCN(Cc2ccccc2Nc2cc(C(=O)NCCN3CCCCC3)cc(C(=O)NCCN3CCCCC3)c2)CC1. The van der Waals surface area contributed by atoms with Crippen molar-refractivity contribution in [3.8, 4) is 0 Å². The summed E-state index contributed by atoms with van der Waals surface area (Å²) in [5.74, 6) is -0.289. The van der Waals surface area contributed by atoms with E-state index in [-0.39, 0.29) is 11.8 Å². The highest BCUT2D eigenvalue weighted by atomic mass is 16.2. The molecule has 0 spiro atoms. The summed E-state index contributed by atoms with van der Waals surface area (Å²) in [6, 6.07) is 13.8. The molecule has 43 heavy (non-hydrogen) atoms. The zero-order chi connectivity index (χ0) is 29.9. The third-order valence-corrected chi connectivity index (χ3v) is 9.07. The Bertz CT molecular complexity index is 1130. The van der Waals surface area contributed by atoms with Crippen LogP contribution in [-0.2, 0) is 6.54 Å². The first-order valence-corrected chi connectivity index (χ1v) is 16.5. The molecule has 2 aromatic carbocycles. The normalized spacial score (nSPS) is 19.2. The van der Waals surface area contributed by atoms with Crippen molar-refractivity contribution in [2.45, 2.75) is 45.1 Å². The van der Waals surface area contributed by atoms with E-state index in [1.165, 1.54) is 44.1 Å². The van der Waals surface area contributed by atoms with Crippen LogP contribution in [-0.4, -0.2) is 117 Å². The lowest BCUT2D eigenvalue weighted by molar-refractivity contribution is 0.0946. The number of piperidine rings is 2. The predicted molar refractivity (Wildman–Crippen MR) is 174 cm³/mol. The maximum atomic E-state index is 13.3. The van der Waals surface area contributed by atoms with Gasteiger partial charge in [0.25, 0.3) is 11.8 Å². The second-order valence-corrected chi connectivity index (χ2v) is 12.5. The number of amides is 2. The van der Waals surface area contributed by atoms with Crippen LogP contribution in [0.3, 0.4) is 0 Å². The molecule has 5 rings (SSSR count). The van der Waals surface area contributed by atoms with Crippen LogP contribution in [0.2, 0.25) is 0 Å². The van der Waals surface area contributed by atoms with Gasteiger partial charge in [-0.1, -0.05) is 31.0 Å². The van der Waals surface area contributed by atoms with Gasteiger partial charge >= 0.3 is 0 Å². The van der Waals surface area contributed by atoms with Crippen molar-refractivity contribution in [3.63, 3.8) is 0 Å². The van der Waals surface area contributed by atoms with Crippen LogP contribution in [0.25, 0.3) is 0 Å². The van der Waals surface area contributed by atoms with E-state index in [2.05, 4.69) is 60.8 Å². The fraction of sp³-hybridized carbons (Fsp3) is 0.588. The highest BCUT2D eigenvalue weighted by molar-refractivity contribution is 6.01. The number of nitrogens with one attached hydrogen (secondary N) is 3. The average Bonchev–Trinajstić information content (AvgIpc) is 3.04. The maximum absolute atomic E-state index is 13.3. The van der Waals surface area contributed by atoms with Crippen LogP contribution in [0.15, 0.2) is 42.5 Å². The van der Waals surface area contributed by atoms with Crippen molar-refractivity contribution in [1.29, 1.82) is 0 Å². The molecule has 3 N–H and O–H groups in total. The lowest BCUT2D eigenvalue weighted by Crippen LogP contribution is -2.43. The van der Waals surface area contributed by atoms with Gasteiger partial charge in [0.1, 0.15) is 0 Å². The zero-order valence-electron chi connectivity index (χ0n) is 26.1. The third kappa shape index (κ3) is 9.76. The topological polar surface area (TPSA) is 83.2 Å². The molecular weight excluding hydrogens is 538 g/mol. The van der Waals surface area contributed by atoms with Crippen molar-refractivity contribution in [2.75, 3.05) is 90.9 Å². The van der Waals surface area contributed by atoms with Crippen molar-refractivity contribution in [2.24, 2.45) is 0 Å². The van der Waals surface area contributed by atoms with Crippen LogP contribution >= 0.6 is 0 Å². The van der Waals surface area contributed by atoms with Crippen molar-refractivity contribution in [3.05, 3.63) is 59.2 Å². The van der Waals surface area contributed by atoms with E-state index in [0.29, 0.717) is 24.2 Å². The number of hydrogen-bond acceptors (Lipinski definition) is 7. The molecule has 0 unspecified atom stereocenters. The lowest BCUT2D eigenvalue weighted by atomic mass is 10.1. The molecule has 3 fully saturated rings. The molecule has 9 nitrogen and oxygen atoms in total. The summed E-state index contributed by atoms with van der Waals surface area (Å²) in [6.45, 7) is 12.4. The first-order valence-electron chi connectivity index (χ1n) is 16.5. The van der Waals surface area contributed by atoms with E-state index < -0.39 is 0 Å². The Kier molecular flexibility index (Phi) is 11.8. The minimum absolute atomic E-state index is 0.145. The Labute approximate surface area is 258 Å². The third-order valence-electron chi connectivity index (χ3n) is 9.07. The number of carbonyl (C=O) groups excluding carboxylic acids is 2. The fourth-order valence-electron chi connectivity index (χ4n) is 6.37. The summed E-state index contributed by atoms with van der Waals surface area (Å²) >= 11 is 0. The summed E-state index contributed by atoms with van der Waals surface area (Å²) in [5, 5.41) is 9.77. The van der Waals surface area contributed by atoms with Crippen LogP contribution in [0.4, 0.5) is 11.4 Å². The molecule has 2 amide bonds. The zero-order valence-corrected chi connectivity index (χ0v) is 26.1. The van der Waals surface area contributed by atoms with Gasteiger partial charge in [-0.3, -0.25) is 14.5 Å². The number of likely N-dealkylation sites (tertiary alicyclic amines) is 2. The molecule has 0 aromatic heterocycles. The van der Waals surface area contributed by atoms with Gasteiger partial charge in [-0.25, -0.2) is 0 Å². The van der Waals surface area contributed by atoms with Gasteiger partial charge in [-0.15, -0.1) is 0 Å². The molecule has 2 aromatic rings. The maximum Gasteiger partial charge on any atom is 0.251 e. The largest absolute Gasteiger partial charge is 0.355 e. The molecule has 9 heteroatoms. The van der Waals surface area contributed by atoms with Crippen LogP contribution in [0, 0.1) is 0 Å². The summed E-state index contributed by atoms with van der Waals surface area (Å²) in [7, 11) is 2.17. The van der Waals surface area contributed by atoms with Crippen molar-refractivity contribution in [1.82, 2.24) is 30.2 Å². The lowest BCUT2D eigenvalue weighted by Gasteiger charge is -2.32. The van der Waals surface area contributed by atoms with Crippen LogP contribution in [0.1, 0.15) is 64.8 Å². The van der Waals surface area contributed by atoms with Gasteiger partial charge in [0.2, 0.25) is 0 Å². The van der Waals surface area contributed by atoms with Gasteiger partial charge in [-0.05, 0) is 88.7 Å². The van der Waals surface area contributed by atoms with Gasteiger partial charge in [-0.2, -0.15) is 0 Å². The van der Waals surface area contributed by atoms with Crippen molar-refractivity contribution >= 4 is 23.2 Å². The number of hydrogen-bond donors (Lipinski definition) is 3. The number of anilines is 2. The van der Waals surface area contributed by atoms with Crippen LogP contribution in [0.5, 0.6) is 0 Å². The standard InChI is InChI=1S/C34H51N7O2/c1-38-20-22-41(23-21-38)27-28-10-4-5-11-32(28)37-31-25-29(33(42)35-12-18-39-14-6-2-7-15-39)24-30(26-31)34(43)36-13-19-40-16-8-3-9-17-40/h4-5,10-11,24-26,37H,2-3,6-9,12-23,27H2,1H3,(H,35,42)(H,36,43). The second-order valence-electron chi connectivity index (χ2n) is 12.5. The van der Waals surface area contributed by atoms with E-state index in [1.54, 1.807) is 6.07 Å². The Hall–Kier alpha value is -2.98. The van der Waals surface area contributed by atoms with E-state index in [9.17, 15) is 9.59 Å². The van der Waals surface area contributed by atoms with Crippen LogP contribution < -0.4 is 16.0 Å². The first-order chi connectivity index (χ1) is 21.0. The smallest absolute Gasteiger partial charge is 0.251 e. The Morgan fingerprint density at radius 3 is 1.74 bits per heavy atom. The van der Waals surface area contributed by atoms with Gasteiger partial charge in [0.15, 0.2) is 0 Å². The van der Waals surface area contributed by atoms with Gasteiger partial charge < -0.3 is 30.7 Å². The Morgan fingerprint density at radius 2 is 1.19 bits per heavy atom.